The van der Waals surface area contributed by atoms with Crippen molar-refractivity contribution in [2.24, 2.45) is 0 Å². The van der Waals surface area contributed by atoms with Crippen molar-refractivity contribution in [1.29, 1.82) is 0 Å². The Morgan fingerprint density at radius 2 is 1.93 bits per heavy atom. The molecule has 0 aliphatic carbocycles. The molecule has 0 spiro atoms. The molecule has 2 amide bonds. The Labute approximate surface area is 164 Å². The van der Waals surface area contributed by atoms with E-state index in [9.17, 15) is 9.59 Å². The molecule has 2 saturated heterocycles. The first kappa shape index (κ1) is 18.6. The van der Waals surface area contributed by atoms with E-state index in [1.807, 2.05) is 48.9 Å². The van der Waals surface area contributed by atoms with Crippen LogP contribution >= 0.6 is 0 Å². The summed E-state index contributed by atoms with van der Waals surface area (Å²) >= 11 is 0. The molecule has 0 radical (unpaired) electrons. The van der Waals surface area contributed by atoms with Gasteiger partial charge in [-0.25, -0.2) is 4.68 Å². The van der Waals surface area contributed by atoms with Crippen molar-refractivity contribution >= 4 is 17.5 Å². The number of rotatable bonds is 4. The van der Waals surface area contributed by atoms with Crippen LogP contribution < -0.4 is 15.5 Å². The quantitative estimate of drug-likeness (QED) is 0.835. The van der Waals surface area contributed by atoms with Crippen LogP contribution in [0.2, 0.25) is 0 Å². The van der Waals surface area contributed by atoms with Crippen molar-refractivity contribution < 1.29 is 9.59 Å². The lowest BCUT2D eigenvalue weighted by Crippen LogP contribution is -2.42. The lowest BCUT2D eigenvalue weighted by atomic mass is 10.1. The topological polar surface area (TPSA) is 92.2 Å². The Kier molecular flexibility index (Phi) is 5.13. The van der Waals surface area contributed by atoms with Crippen LogP contribution in [0.5, 0.6) is 0 Å². The zero-order valence-corrected chi connectivity index (χ0v) is 16.3. The normalized spacial score (nSPS) is 23.2. The monoisotopic (exact) mass is 382 g/mol. The van der Waals surface area contributed by atoms with Crippen LogP contribution in [0.15, 0.2) is 30.3 Å². The molecule has 8 nitrogen and oxygen atoms in total. The van der Waals surface area contributed by atoms with Gasteiger partial charge in [0, 0.05) is 11.7 Å². The largest absolute Gasteiger partial charge is 0.339 e. The smallest absolute Gasteiger partial charge is 0.274 e. The second kappa shape index (κ2) is 7.71. The molecule has 0 saturated carbocycles. The molecule has 2 fully saturated rings. The van der Waals surface area contributed by atoms with Gasteiger partial charge in [-0.2, -0.15) is 0 Å². The van der Waals surface area contributed by atoms with Gasteiger partial charge >= 0.3 is 0 Å². The van der Waals surface area contributed by atoms with Crippen LogP contribution in [0.3, 0.4) is 0 Å². The molecule has 2 aromatic rings. The summed E-state index contributed by atoms with van der Waals surface area (Å²) in [4.78, 5) is 27.4. The molecule has 1 aromatic carbocycles. The van der Waals surface area contributed by atoms with E-state index in [4.69, 9.17) is 0 Å². The van der Waals surface area contributed by atoms with Gasteiger partial charge in [0.1, 0.15) is 6.04 Å². The van der Waals surface area contributed by atoms with Crippen molar-refractivity contribution in [2.45, 2.75) is 51.2 Å². The van der Waals surface area contributed by atoms with Gasteiger partial charge in [-0.1, -0.05) is 23.4 Å². The molecule has 28 heavy (non-hydrogen) atoms. The fourth-order valence-electron chi connectivity index (χ4n) is 4.20. The molecule has 2 atom stereocenters. The maximum Gasteiger partial charge on any atom is 0.274 e. The highest BCUT2D eigenvalue weighted by atomic mass is 16.2. The molecule has 148 valence electrons. The lowest BCUT2D eigenvalue weighted by Gasteiger charge is -2.23. The third-order valence-electron chi connectivity index (χ3n) is 5.69. The Morgan fingerprint density at radius 3 is 2.64 bits per heavy atom. The molecule has 8 heteroatoms. The van der Waals surface area contributed by atoms with Gasteiger partial charge in [-0.3, -0.25) is 9.59 Å². The average molecular weight is 382 g/mol. The van der Waals surface area contributed by atoms with E-state index in [1.54, 1.807) is 4.90 Å². The van der Waals surface area contributed by atoms with Crippen LogP contribution in [0, 0.1) is 6.92 Å². The number of nitrogens with one attached hydrogen (secondary N) is 2. The SMILES string of the molecule is Cc1c(C(=O)N[C@@H]2C[C@@H](C)N(c3ccccc3)C2=O)nnn1C1CCNCC1. The summed E-state index contributed by atoms with van der Waals surface area (Å²) in [6.45, 7) is 5.74. The van der Waals surface area contributed by atoms with Crippen LogP contribution in [-0.2, 0) is 4.79 Å². The molecule has 0 bridgehead atoms. The van der Waals surface area contributed by atoms with Gasteiger partial charge in [0.2, 0.25) is 5.91 Å². The third kappa shape index (κ3) is 3.40. The summed E-state index contributed by atoms with van der Waals surface area (Å²) in [6, 6.07) is 9.28. The van der Waals surface area contributed by atoms with E-state index < -0.39 is 6.04 Å². The number of benzene rings is 1. The number of para-hydroxylation sites is 1. The average Bonchev–Trinajstić information content (AvgIpc) is 3.22. The first-order valence-corrected chi connectivity index (χ1v) is 9.87. The second-order valence-electron chi connectivity index (χ2n) is 7.60. The first-order chi connectivity index (χ1) is 13.6. The maximum atomic E-state index is 12.9. The van der Waals surface area contributed by atoms with Crippen molar-refractivity contribution in [3.05, 3.63) is 41.7 Å². The van der Waals surface area contributed by atoms with Gasteiger partial charge in [-0.15, -0.1) is 5.10 Å². The number of nitrogens with zero attached hydrogens (tertiary/aromatic N) is 4. The number of carbonyl (C=O) groups excluding carboxylic acids is 2. The number of hydrogen-bond donors (Lipinski definition) is 2. The molecule has 0 unspecified atom stereocenters. The molecule has 4 rings (SSSR count). The minimum atomic E-state index is -0.550. The van der Waals surface area contributed by atoms with Gasteiger partial charge in [0.15, 0.2) is 5.69 Å². The summed E-state index contributed by atoms with van der Waals surface area (Å²) in [7, 11) is 0. The predicted molar refractivity (Wildman–Crippen MR) is 105 cm³/mol. The van der Waals surface area contributed by atoms with Crippen molar-refractivity contribution in [3.8, 4) is 0 Å². The Morgan fingerprint density at radius 1 is 1.21 bits per heavy atom. The predicted octanol–water partition coefficient (Wildman–Crippen LogP) is 1.43. The zero-order valence-electron chi connectivity index (χ0n) is 16.3. The van der Waals surface area contributed by atoms with Crippen LogP contribution in [0.4, 0.5) is 5.69 Å². The fraction of sp³-hybridized carbons (Fsp3) is 0.500. The van der Waals surface area contributed by atoms with E-state index >= 15 is 0 Å². The molecular weight excluding hydrogens is 356 g/mol. The van der Waals surface area contributed by atoms with Crippen molar-refractivity contribution in [2.75, 3.05) is 18.0 Å². The van der Waals surface area contributed by atoms with E-state index in [-0.39, 0.29) is 23.9 Å². The summed E-state index contributed by atoms with van der Waals surface area (Å²) in [5.74, 6) is -0.423. The standard InChI is InChI=1S/C20H26N6O2/c1-13-12-17(20(28)25(13)15-6-4-3-5-7-15)22-19(27)18-14(2)26(24-23-18)16-8-10-21-11-9-16/h3-7,13,16-17,21H,8-12H2,1-2H3,(H,22,27)/t13-,17-/m1/s1. The Hall–Kier alpha value is -2.74. The lowest BCUT2D eigenvalue weighted by molar-refractivity contribution is -0.118. The van der Waals surface area contributed by atoms with E-state index in [2.05, 4.69) is 20.9 Å². The second-order valence-corrected chi connectivity index (χ2v) is 7.60. The molecule has 2 aliphatic heterocycles. The highest BCUT2D eigenvalue weighted by molar-refractivity contribution is 6.04. The highest BCUT2D eigenvalue weighted by Crippen LogP contribution is 2.27. The minimum absolute atomic E-state index is 0.0201. The minimum Gasteiger partial charge on any atom is -0.339 e. The van der Waals surface area contributed by atoms with Crippen LogP contribution in [0.25, 0.3) is 0 Å². The third-order valence-corrected chi connectivity index (χ3v) is 5.69. The first-order valence-electron chi connectivity index (χ1n) is 9.87. The van der Waals surface area contributed by atoms with E-state index in [0.717, 1.165) is 37.3 Å². The molecule has 2 N–H and O–H groups in total. The number of carbonyl (C=O) groups is 2. The number of amides is 2. The number of anilines is 1. The molecule has 1 aromatic heterocycles. The van der Waals surface area contributed by atoms with E-state index in [0.29, 0.717) is 12.1 Å². The van der Waals surface area contributed by atoms with Crippen molar-refractivity contribution in [3.63, 3.8) is 0 Å². The summed E-state index contributed by atoms with van der Waals surface area (Å²) in [5, 5.41) is 14.5. The van der Waals surface area contributed by atoms with Crippen molar-refractivity contribution in [1.82, 2.24) is 25.6 Å². The van der Waals surface area contributed by atoms with Gasteiger partial charge < -0.3 is 15.5 Å². The number of aromatic nitrogens is 3. The summed E-state index contributed by atoms with van der Waals surface area (Å²) in [6.07, 6.45) is 2.51. The van der Waals surface area contributed by atoms with Crippen LogP contribution in [-0.4, -0.2) is 52.0 Å². The van der Waals surface area contributed by atoms with E-state index in [1.165, 1.54) is 0 Å². The van der Waals surface area contributed by atoms with Gasteiger partial charge in [-0.05, 0) is 58.3 Å². The highest BCUT2D eigenvalue weighted by Gasteiger charge is 2.39. The van der Waals surface area contributed by atoms with Crippen LogP contribution in [0.1, 0.15) is 48.4 Å². The maximum absolute atomic E-state index is 12.9. The molecule has 2 aliphatic rings. The summed E-state index contributed by atoms with van der Waals surface area (Å²) in [5.41, 5.74) is 1.91. The Balaban J connectivity index is 1.47. The number of piperidine rings is 1. The molecular formula is C20H26N6O2. The fourth-order valence-corrected chi connectivity index (χ4v) is 4.20. The summed E-state index contributed by atoms with van der Waals surface area (Å²) < 4.78 is 1.85. The zero-order chi connectivity index (χ0) is 19.7. The Bertz CT molecular complexity index is 859. The number of hydrogen-bond acceptors (Lipinski definition) is 5. The van der Waals surface area contributed by atoms with Gasteiger partial charge in [0.05, 0.1) is 11.7 Å². The van der Waals surface area contributed by atoms with Gasteiger partial charge in [0.25, 0.3) is 5.91 Å². The molecule has 3 heterocycles.